The second-order valence-electron chi connectivity index (χ2n) is 3.98. The maximum Gasteiger partial charge on any atom is 0.316 e. The number of carbonyl (C=O) groups excluding carboxylic acids is 2. The number of amides is 3. The number of anilines is 2. The molecule has 3 amide bonds. The Morgan fingerprint density at radius 3 is 2.14 bits per heavy atom. The summed E-state index contributed by atoms with van der Waals surface area (Å²) < 4.78 is 26.3. The molecule has 0 unspecified atom stereocenters. The van der Waals surface area contributed by atoms with Crippen molar-refractivity contribution in [1.82, 2.24) is 4.98 Å². The molecule has 6 nitrogen and oxygen atoms in total. The predicted molar refractivity (Wildman–Crippen MR) is 71.8 cm³/mol. The Morgan fingerprint density at radius 2 is 1.57 bits per heavy atom. The van der Waals surface area contributed by atoms with Gasteiger partial charge in [-0.05, 0) is 30.3 Å². The van der Waals surface area contributed by atoms with Crippen molar-refractivity contribution < 1.29 is 18.4 Å². The number of primary amides is 1. The number of nitrogens with two attached hydrogens (primary N) is 1. The van der Waals surface area contributed by atoms with Gasteiger partial charge in [0, 0.05) is 17.6 Å². The van der Waals surface area contributed by atoms with Crippen molar-refractivity contribution in [1.29, 1.82) is 0 Å². The number of halogens is 2. The summed E-state index contributed by atoms with van der Waals surface area (Å²) in [5.74, 6) is -3.48. The molecule has 0 atom stereocenters. The highest BCUT2D eigenvalue weighted by Gasteiger charge is 2.16. The summed E-state index contributed by atoms with van der Waals surface area (Å²) in [7, 11) is 0. The number of benzene rings is 1. The minimum absolute atomic E-state index is 0.339. The van der Waals surface area contributed by atoms with Gasteiger partial charge in [0.05, 0.1) is 5.56 Å². The average molecular weight is 292 g/mol. The van der Waals surface area contributed by atoms with E-state index in [2.05, 4.69) is 15.6 Å². The number of hydrogen-bond donors (Lipinski definition) is 3. The molecular weight excluding hydrogens is 282 g/mol. The lowest BCUT2D eigenvalue weighted by Crippen LogP contribution is -2.19. The van der Waals surface area contributed by atoms with Gasteiger partial charge in [0.1, 0.15) is 0 Å². The monoisotopic (exact) mass is 292 g/mol. The Bertz CT molecular complexity index is 689. The fourth-order valence-corrected chi connectivity index (χ4v) is 1.57. The minimum atomic E-state index is -1.34. The first-order valence-corrected chi connectivity index (χ1v) is 5.75. The van der Waals surface area contributed by atoms with Gasteiger partial charge >= 0.3 is 6.03 Å². The fourth-order valence-electron chi connectivity index (χ4n) is 1.57. The largest absolute Gasteiger partial charge is 0.351 e. The molecule has 1 heterocycles. The zero-order chi connectivity index (χ0) is 15.4. The summed E-state index contributed by atoms with van der Waals surface area (Å²) in [6.45, 7) is 0. The van der Waals surface area contributed by atoms with Crippen molar-refractivity contribution in [3.63, 3.8) is 0 Å². The maximum atomic E-state index is 13.4. The Kier molecular flexibility index (Phi) is 4.07. The number of nitrogens with one attached hydrogen (secondary N) is 2. The number of rotatable bonds is 3. The highest BCUT2D eigenvalue weighted by molar-refractivity contribution is 6.04. The molecular formula is C13H10F2N4O2. The lowest BCUT2D eigenvalue weighted by Gasteiger charge is -2.07. The van der Waals surface area contributed by atoms with Gasteiger partial charge in [-0.15, -0.1) is 0 Å². The van der Waals surface area contributed by atoms with Crippen LogP contribution in [0.1, 0.15) is 10.4 Å². The van der Waals surface area contributed by atoms with Crippen LogP contribution in [0.5, 0.6) is 0 Å². The quantitative estimate of drug-likeness (QED) is 0.756. The zero-order valence-electron chi connectivity index (χ0n) is 10.6. The summed E-state index contributed by atoms with van der Waals surface area (Å²) >= 11 is 0. The minimum Gasteiger partial charge on any atom is -0.351 e. The Hall–Kier alpha value is -3.03. The van der Waals surface area contributed by atoms with Crippen molar-refractivity contribution in [2.75, 3.05) is 10.6 Å². The lowest BCUT2D eigenvalue weighted by atomic mass is 10.2. The van der Waals surface area contributed by atoms with Crippen molar-refractivity contribution in [2.45, 2.75) is 0 Å². The van der Waals surface area contributed by atoms with Crippen LogP contribution in [0.4, 0.5) is 25.0 Å². The van der Waals surface area contributed by atoms with Gasteiger partial charge in [0.2, 0.25) is 5.95 Å². The molecule has 0 spiro atoms. The molecule has 0 saturated carbocycles. The van der Waals surface area contributed by atoms with E-state index in [9.17, 15) is 18.4 Å². The number of pyridine rings is 1. The van der Waals surface area contributed by atoms with Gasteiger partial charge in [-0.2, -0.15) is 4.39 Å². The van der Waals surface area contributed by atoms with E-state index < -0.39 is 29.3 Å². The topological polar surface area (TPSA) is 97.1 Å². The summed E-state index contributed by atoms with van der Waals surface area (Å²) in [6.07, 6.45) is 0.993. The van der Waals surface area contributed by atoms with Crippen LogP contribution >= 0.6 is 0 Å². The number of nitrogens with zero attached hydrogens (tertiary/aromatic N) is 1. The molecule has 0 fully saturated rings. The van der Waals surface area contributed by atoms with Crippen molar-refractivity contribution in [2.24, 2.45) is 5.73 Å². The van der Waals surface area contributed by atoms with Crippen LogP contribution in [0.25, 0.3) is 0 Å². The first kappa shape index (κ1) is 14.4. The van der Waals surface area contributed by atoms with Gasteiger partial charge in [0.15, 0.2) is 5.82 Å². The van der Waals surface area contributed by atoms with Crippen LogP contribution in [-0.2, 0) is 0 Å². The lowest BCUT2D eigenvalue weighted by molar-refractivity contribution is 0.102. The third kappa shape index (κ3) is 3.50. The van der Waals surface area contributed by atoms with E-state index in [1.165, 1.54) is 24.3 Å². The van der Waals surface area contributed by atoms with E-state index in [-0.39, 0.29) is 0 Å². The summed E-state index contributed by atoms with van der Waals surface area (Å²) in [4.78, 5) is 25.6. The second kappa shape index (κ2) is 5.95. The normalized spacial score (nSPS) is 10.0. The fraction of sp³-hybridized carbons (Fsp3) is 0. The number of hydrogen-bond acceptors (Lipinski definition) is 3. The molecule has 0 bridgehead atoms. The molecule has 1 aromatic carbocycles. The van der Waals surface area contributed by atoms with E-state index in [1.54, 1.807) is 0 Å². The van der Waals surface area contributed by atoms with Crippen LogP contribution in [-0.4, -0.2) is 16.9 Å². The number of aromatic nitrogens is 1. The SMILES string of the molecule is NC(=O)Nc1ccc(NC(=O)c2ccnc(F)c2F)cc1. The molecule has 0 aliphatic rings. The third-order valence-electron chi connectivity index (χ3n) is 2.50. The molecule has 2 aromatic rings. The van der Waals surface area contributed by atoms with E-state index in [1.807, 2.05) is 0 Å². The number of urea groups is 1. The van der Waals surface area contributed by atoms with Gasteiger partial charge in [-0.1, -0.05) is 0 Å². The van der Waals surface area contributed by atoms with Crippen molar-refractivity contribution in [3.8, 4) is 0 Å². The molecule has 2 rings (SSSR count). The van der Waals surface area contributed by atoms with Crippen molar-refractivity contribution in [3.05, 3.63) is 53.9 Å². The molecule has 0 saturated heterocycles. The molecule has 4 N–H and O–H groups in total. The van der Waals surface area contributed by atoms with Crippen LogP contribution in [0.3, 0.4) is 0 Å². The summed E-state index contributed by atoms with van der Waals surface area (Å²) in [5, 5.41) is 4.73. The summed E-state index contributed by atoms with van der Waals surface area (Å²) in [6, 6.07) is 6.27. The van der Waals surface area contributed by atoms with Crippen LogP contribution in [0.15, 0.2) is 36.5 Å². The molecule has 0 aliphatic carbocycles. The zero-order valence-corrected chi connectivity index (χ0v) is 10.6. The first-order valence-electron chi connectivity index (χ1n) is 5.75. The average Bonchev–Trinajstić information content (AvgIpc) is 2.43. The molecule has 0 radical (unpaired) electrons. The molecule has 1 aromatic heterocycles. The standard InChI is InChI=1S/C13H10F2N4O2/c14-10-9(5-6-17-11(10)15)12(20)18-7-1-3-8(4-2-7)19-13(16)21/h1-6H,(H,18,20)(H3,16,19,21). The predicted octanol–water partition coefficient (Wildman–Crippen LogP) is 2.10. The van der Waals surface area contributed by atoms with E-state index >= 15 is 0 Å². The van der Waals surface area contributed by atoms with Gasteiger partial charge in [0.25, 0.3) is 5.91 Å². The highest BCUT2D eigenvalue weighted by atomic mass is 19.2. The molecule has 8 heteroatoms. The molecule has 21 heavy (non-hydrogen) atoms. The van der Waals surface area contributed by atoms with E-state index in [0.29, 0.717) is 11.4 Å². The Balaban J connectivity index is 2.12. The van der Waals surface area contributed by atoms with Gasteiger partial charge in [-0.3, -0.25) is 4.79 Å². The van der Waals surface area contributed by atoms with E-state index in [0.717, 1.165) is 12.3 Å². The number of carbonyl (C=O) groups is 2. The van der Waals surface area contributed by atoms with Crippen LogP contribution in [0.2, 0.25) is 0 Å². The molecule has 108 valence electrons. The van der Waals surface area contributed by atoms with Crippen LogP contribution < -0.4 is 16.4 Å². The highest BCUT2D eigenvalue weighted by Crippen LogP contribution is 2.16. The van der Waals surface area contributed by atoms with E-state index in [4.69, 9.17) is 5.73 Å². The maximum absolute atomic E-state index is 13.4. The van der Waals surface area contributed by atoms with Crippen molar-refractivity contribution >= 4 is 23.3 Å². The van der Waals surface area contributed by atoms with Gasteiger partial charge in [-0.25, -0.2) is 14.2 Å². The smallest absolute Gasteiger partial charge is 0.316 e. The van der Waals surface area contributed by atoms with Crippen LogP contribution in [0, 0.1) is 11.8 Å². The summed E-state index contributed by atoms with van der Waals surface area (Å²) in [5.41, 5.74) is 5.26. The Labute approximate surface area is 118 Å². The second-order valence-corrected chi connectivity index (χ2v) is 3.98. The Morgan fingerprint density at radius 1 is 1.00 bits per heavy atom. The first-order chi connectivity index (χ1) is 9.97. The molecule has 0 aliphatic heterocycles. The third-order valence-corrected chi connectivity index (χ3v) is 2.50. The van der Waals surface area contributed by atoms with Gasteiger partial charge < -0.3 is 16.4 Å².